The first-order chi connectivity index (χ1) is 12.1. The number of hydrogen-bond donors (Lipinski definition) is 0. The molecular formula is C19H23FN4O. The predicted molar refractivity (Wildman–Crippen MR) is 95.9 cm³/mol. The van der Waals surface area contributed by atoms with Crippen molar-refractivity contribution in [2.45, 2.75) is 6.04 Å². The van der Waals surface area contributed by atoms with Crippen LogP contribution in [0.4, 0.5) is 10.1 Å². The summed E-state index contributed by atoms with van der Waals surface area (Å²) in [5.74, 6) is -0.231. The number of likely N-dealkylation sites (N-methyl/N-ethyl adjacent to an activating group) is 1. The normalized spacial score (nSPS) is 16.2. The second-order valence-electron chi connectivity index (χ2n) is 6.44. The summed E-state index contributed by atoms with van der Waals surface area (Å²) in [6.45, 7) is 2.93. The highest BCUT2D eigenvalue weighted by Crippen LogP contribution is 2.23. The van der Waals surface area contributed by atoms with Crippen LogP contribution in [0.25, 0.3) is 0 Å². The van der Waals surface area contributed by atoms with Gasteiger partial charge in [-0.15, -0.1) is 0 Å². The minimum absolute atomic E-state index is 0.0611. The Bertz CT molecular complexity index is 697. The van der Waals surface area contributed by atoms with Crippen molar-refractivity contribution in [2.75, 3.05) is 45.2 Å². The Morgan fingerprint density at radius 2 is 1.64 bits per heavy atom. The summed E-state index contributed by atoms with van der Waals surface area (Å²) >= 11 is 0. The van der Waals surface area contributed by atoms with Gasteiger partial charge in [0.1, 0.15) is 11.9 Å². The minimum Gasteiger partial charge on any atom is -0.368 e. The summed E-state index contributed by atoms with van der Waals surface area (Å²) in [5.41, 5.74) is 1.94. The average molecular weight is 342 g/mol. The molecule has 1 amide bonds. The molecule has 2 heterocycles. The molecule has 1 aliphatic heterocycles. The van der Waals surface area contributed by atoms with Crippen molar-refractivity contribution < 1.29 is 9.18 Å². The highest BCUT2D eigenvalue weighted by Gasteiger charge is 2.30. The predicted octanol–water partition coefficient (Wildman–Crippen LogP) is 2.17. The lowest BCUT2D eigenvalue weighted by Crippen LogP contribution is -2.51. The number of hydrogen-bond acceptors (Lipinski definition) is 4. The van der Waals surface area contributed by atoms with E-state index >= 15 is 0 Å². The topological polar surface area (TPSA) is 39.7 Å². The Morgan fingerprint density at radius 3 is 2.20 bits per heavy atom. The number of nitrogens with zero attached hydrogens (tertiary/aromatic N) is 4. The second-order valence-corrected chi connectivity index (χ2v) is 6.44. The molecule has 1 aliphatic rings. The molecule has 0 unspecified atom stereocenters. The first-order valence-corrected chi connectivity index (χ1v) is 8.42. The maximum Gasteiger partial charge on any atom is 0.244 e. The molecule has 5 nitrogen and oxygen atoms in total. The lowest BCUT2D eigenvalue weighted by atomic mass is 10.0. The monoisotopic (exact) mass is 342 g/mol. The zero-order valence-electron chi connectivity index (χ0n) is 14.6. The highest BCUT2D eigenvalue weighted by atomic mass is 19.1. The third-order valence-electron chi connectivity index (χ3n) is 4.56. The largest absolute Gasteiger partial charge is 0.368 e. The van der Waals surface area contributed by atoms with Crippen molar-refractivity contribution in [3.63, 3.8) is 0 Å². The molecule has 1 aromatic carbocycles. The molecule has 1 atom stereocenters. The van der Waals surface area contributed by atoms with Crippen molar-refractivity contribution in [1.82, 2.24) is 14.8 Å². The van der Waals surface area contributed by atoms with E-state index in [1.165, 1.54) is 12.1 Å². The molecule has 132 valence electrons. The Morgan fingerprint density at radius 1 is 1.04 bits per heavy atom. The molecule has 2 aromatic rings. The fourth-order valence-electron chi connectivity index (χ4n) is 3.22. The smallest absolute Gasteiger partial charge is 0.244 e. The number of halogens is 1. The van der Waals surface area contributed by atoms with E-state index in [1.807, 2.05) is 36.0 Å². The van der Waals surface area contributed by atoms with Gasteiger partial charge in [-0.25, -0.2) is 4.39 Å². The average Bonchev–Trinajstić information content (AvgIpc) is 2.64. The fourth-order valence-corrected chi connectivity index (χ4v) is 3.22. The van der Waals surface area contributed by atoms with Gasteiger partial charge in [0.15, 0.2) is 0 Å². The van der Waals surface area contributed by atoms with Crippen molar-refractivity contribution in [3.05, 3.63) is 60.2 Å². The van der Waals surface area contributed by atoms with E-state index in [4.69, 9.17) is 0 Å². The van der Waals surface area contributed by atoms with E-state index < -0.39 is 6.04 Å². The van der Waals surface area contributed by atoms with Crippen LogP contribution in [0.5, 0.6) is 0 Å². The van der Waals surface area contributed by atoms with Gasteiger partial charge in [-0.1, -0.05) is 12.1 Å². The SMILES string of the molecule is CN(C)[C@H](C(=O)N1CCN(c2ccncc2)CC1)c1ccc(F)cc1. The molecule has 1 fully saturated rings. The van der Waals surface area contributed by atoms with Crippen LogP contribution in [-0.2, 0) is 4.79 Å². The van der Waals surface area contributed by atoms with Gasteiger partial charge in [0, 0.05) is 44.3 Å². The van der Waals surface area contributed by atoms with Crippen LogP contribution in [0.15, 0.2) is 48.8 Å². The van der Waals surface area contributed by atoms with Gasteiger partial charge in [-0.05, 0) is 43.9 Å². The van der Waals surface area contributed by atoms with Crippen molar-refractivity contribution in [2.24, 2.45) is 0 Å². The molecule has 0 radical (unpaired) electrons. The van der Waals surface area contributed by atoms with Crippen LogP contribution < -0.4 is 4.90 Å². The van der Waals surface area contributed by atoms with Gasteiger partial charge in [0.25, 0.3) is 0 Å². The maximum atomic E-state index is 13.2. The van der Waals surface area contributed by atoms with Gasteiger partial charge < -0.3 is 9.80 Å². The van der Waals surface area contributed by atoms with Gasteiger partial charge >= 0.3 is 0 Å². The molecule has 6 heteroatoms. The van der Waals surface area contributed by atoms with Crippen LogP contribution in [0.3, 0.4) is 0 Å². The summed E-state index contributed by atoms with van der Waals surface area (Å²) in [4.78, 5) is 23.1. The van der Waals surface area contributed by atoms with E-state index in [-0.39, 0.29) is 11.7 Å². The van der Waals surface area contributed by atoms with Gasteiger partial charge in [-0.2, -0.15) is 0 Å². The molecule has 0 aliphatic carbocycles. The standard InChI is InChI=1S/C19H23FN4O/c1-22(2)18(15-3-5-16(20)6-4-15)19(25)24-13-11-23(12-14-24)17-7-9-21-10-8-17/h3-10,18H,11-14H2,1-2H3/t18-/m0/s1. The van der Waals surface area contributed by atoms with Crippen LogP contribution in [0.2, 0.25) is 0 Å². The third-order valence-corrected chi connectivity index (χ3v) is 4.56. The van der Waals surface area contributed by atoms with Crippen molar-refractivity contribution >= 4 is 11.6 Å². The van der Waals surface area contributed by atoms with Crippen LogP contribution >= 0.6 is 0 Å². The molecule has 1 saturated heterocycles. The molecular weight excluding hydrogens is 319 g/mol. The Balaban J connectivity index is 1.68. The molecule has 25 heavy (non-hydrogen) atoms. The number of anilines is 1. The van der Waals surface area contributed by atoms with Gasteiger partial charge in [0.05, 0.1) is 0 Å². The Labute approximate surface area is 147 Å². The highest BCUT2D eigenvalue weighted by molar-refractivity contribution is 5.83. The summed E-state index contributed by atoms with van der Waals surface area (Å²) in [6.07, 6.45) is 3.56. The summed E-state index contributed by atoms with van der Waals surface area (Å²) in [7, 11) is 3.75. The molecule has 1 aromatic heterocycles. The van der Waals surface area contributed by atoms with E-state index in [9.17, 15) is 9.18 Å². The van der Waals surface area contributed by atoms with Crippen molar-refractivity contribution in [1.29, 1.82) is 0 Å². The van der Waals surface area contributed by atoms with E-state index in [2.05, 4.69) is 9.88 Å². The molecule has 0 bridgehead atoms. The lowest BCUT2D eigenvalue weighted by molar-refractivity contribution is -0.136. The lowest BCUT2D eigenvalue weighted by Gasteiger charge is -2.38. The number of piperazine rings is 1. The Kier molecular flexibility index (Phi) is 5.28. The van der Waals surface area contributed by atoms with Gasteiger partial charge in [-0.3, -0.25) is 14.7 Å². The quantitative estimate of drug-likeness (QED) is 0.854. The number of pyridine rings is 1. The van der Waals surface area contributed by atoms with Crippen LogP contribution in [-0.4, -0.2) is 61.0 Å². The maximum absolute atomic E-state index is 13.2. The van der Waals surface area contributed by atoms with Crippen LogP contribution in [0, 0.1) is 5.82 Å². The zero-order valence-corrected chi connectivity index (χ0v) is 14.6. The number of benzene rings is 1. The number of amides is 1. The second kappa shape index (κ2) is 7.61. The number of carbonyl (C=O) groups is 1. The third kappa shape index (κ3) is 3.96. The van der Waals surface area contributed by atoms with E-state index in [0.717, 1.165) is 24.3 Å². The van der Waals surface area contributed by atoms with Crippen LogP contribution in [0.1, 0.15) is 11.6 Å². The fraction of sp³-hybridized carbons (Fsp3) is 0.368. The Hall–Kier alpha value is -2.47. The van der Waals surface area contributed by atoms with Gasteiger partial charge in [0.2, 0.25) is 5.91 Å². The summed E-state index contributed by atoms with van der Waals surface area (Å²) in [5, 5.41) is 0. The van der Waals surface area contributed by atoms with E-state index in [0.29, 0.717) is 13.1 Å². The molecule has 3 rings (SSSR count). The summed E-state index contributed by atoms with van der Waals surface area (Å²) in [6, 6.07) is 9.75. The molecule has 0 spiro atoms. The number of rotatable bonds is 4. The minimum atomic E-state index is -0.395. The molecule has 0 N–H and O–H groups in total. The first-order valence-electron chi connectivity index (χ1n) is 8.42. The number of carbonyl (C=O) groups excluding carboxylic acids is 1. The molecule has 0 saturated carbocycles. The zero-order chi connectivity index (χ0) is 17.8. The first kappa shape index (κ1) is 17.4. The number of aromatic nitrogens is 1. The van der Waals surface area contributed by atoms with E-state index in [1.54, 1.807) is 24.5 Å². The van der Waals surface area contributed by atoms with Crippen molar-refractivity contribution in [3.8, 4) is 0 Å². The summed E-state index contributed by atoms with van der Waals surface area (Å²) < 4.78 is 13.2.